The zero-order chi connectivity index (χ0) is 17.7. The van der Waals surface area contributed by atoms with Gasteiger partial charge in [-0.3, -0.25) is 4.79 Å². The first-order valence-corrected chi connectivity index (χ1v) is 9.93. The second kappa shape index (κ2) is 8.29. The third-order valence-corrected chi connectivity index (χ3v) is 6.83. The largest absolute Gasteiger partial charge is 0.354 e. The number of hydrogen-bond donors (Lipinski definition) is 2. The fourth-order valence-electron chi connectivity index (χ4n) is 2.89. The topological polar surface area (TPSA) is 92.5 Å². The molecule has 0 aliphatic carbocycles. The molecule has 1 fully saturated rings. The first-order valence-electron chi connectivity index (χ1n) is 8.11. The first-order chi connectivity index (χ1) is 11.4. The average molecular weight is 374 g/mol. The van der Waals surface area contributed by atoms with Crippen molar-refractivity contribution >= 4 is 27.5 Å². The van der Waals surface area contributed by atoms with Crippen LogP contribution < -0.4 is 11.1 Å². The Balaban J connectivity index is 2.22. The van der Waals surface area contributed by atoms with Gasteiger partial charge in [-0.2, -0.15) is 4.31 Å². The van der Waals surface area contributed by atoms with Gasteiger partial charge in [-0.25, -0.2) is 8.42 Å². The van der Waals surface area contributed by atoms with Gasteiger partial charge < -0.3 is 11.1 Å². The SMILES string of the molecule is Cc1cccc(S(=O)(=O)N2CCCCC2CNC(=O)CCN)c1Cl. The third-order valence-electron chi connectivity index (χ3n) is 4.22. The number of carbonyl (C=O) groups is 1. The van der Waals surface area contributed by atoms with Crippen LogP contribution in [0, 0.1) is 6.92 Å². The van der Waals surface area contributed by atoms with Gasteiger partial charge >= 0.3 is 0 Å². The predicted molar refractivity (Wildman–Crippen MR) is 94.4 cm³/mol. The molecule has 0 radical (unpaired) electrons. The Hall–Kier alpha value is -1.15. The zero-order valence-corrected chi connectivity index (χ0v) is 15.4. The molecule has 0 aromatic heterocycles. The summed E-state index contributed by atoms with van der Waals surface area (Å²) in [5.41, 5.74) is 6.08. The maximum absolute atomic E-state index is 13.0. The van der Waals surface area contributed by atoms with Crippen LogP contribution in [-0.2, 0) is 14.8 Å². The standard InChI is InChI=1S/C16H24ClN3O3S/c1-12-5-4-7-14(16(12)17)24(22,23)20-10-3-2-6-13(20)11-19-15(21)8-9-18/h4-5,7,13H,2-3,6,8-11,18H2,1H3,(H,19,21). The fraction of sp³-hybridized carbons (Fsp3) is 0.562. The van der Waals surface area contributed by atoms with Crippen LogP contribution in [0.5, 0.6) is 0 Å². The molecule has 1 aliphatic rings. The molecule has 1 aromatic rings. The number of rotatable bonds is 6. The Kier molecular flexibility index (Phi) is 6.62. The van der Waals surface area contributed by atoms with E-state index in [0.717, 1.165) is 18.4 Å². The molecule has 1 atom stereocenters. The summed E-state index contributed by atoms with van der Waals surface area (Å²) in [6.45, 7) is 2.78. The number of hydrogen-bond acceptors (Lipinski definition) is 4. The smallest absolute Gasteiger partial charge is 0.244 e. The Morgan fingerprint density at radius 1 is 1.42 bits per heavy atom. The molecule has 0 saturated carbocycles. The molecule has 3 N–H and O–H groups in total. The molecule has 2 rings (SSSR count). The minimum atomic E-state index is -3.70. The van der Waals surface area contributed by atoms with Gasteiger partial charge in [0.05, 0.1) is 5.02 Å². The van der Waals surface area contributed by atoms with Crippen LogP contribution in [0.25, 0.3) is 0 Å². The van der Waals surface area contributed by atoms with E-state index < -0.39 is 10.0 Å². The van der Waals surface area contributed by atoms with E-state index in [0.29, 0.717) is 19.5 Å². The maximum Gasteiger partial charge on any atom is 0.244 e. The van der Waals surface area contributed by atoms with Gasteiger partial charge in [0.2, 0.25) is 15.9 Å². The van der Waals surface area contributed by atoms with E-state index in [1.54, 1.807) is 19.1 Å². The summed E-state index contributed by atoms with van der Waals surface area (Å²) in [5, 5.41) is 3.03. The molecule has 134 valence electrons. The van der Waals surface area contributed by atoms with Crippen molar-refractivity contribution in [3.05, 3.63) is 28.8 Å². The van der Waals surface area contributed by atoms with Crippen molar-refractivity contribution in [2.75, 3.05) is 19.6 Å². The number of benzene rings is 1. The van der Waals surface area contributed by atoms with Crippen LogP contribution in [0.4, 0.5) is 0 Å². The van der Waals surface area contributed by atoms with E-state index in [9.17, 15) is 13.2 Å². The number of halogens is 1. The van der Waals surface area contributed by atoms with Gasteiger partial charge in [-0.15, -0.1) is 0 Å². The summed E-state index contributed by atoms with van der Waals surface area (Å²) >= 11 is 6.22. The summed E-state index contributed by atoms with van der Waals surface area (Å²) in [5.74, 6) is -0.158. The molecular formula is C16H24ClN3O3S. The van der Waals surface area contributed by atoms with Crippen molar-refractivity contribution in [1.82, 2.24) is 9.62 Å². The maximum atomic E-state index is 13.0. The van der Waals surface area contributed by atoms with Crippen molar-refractivity contribution in [2.45, 2.75) is 43.5 Å². The predicted octanol–water partition coefficient (Wildman–Crippen LogP) is 1.66. The van der Waals surface area contributed by atoms with Crippen LogP contribution in [0.3, 0.4) is 0 Å². The number of piperidine rings is 1. The number of carbonyl (C=O) groups excluding carboxylic acids is 1. The number of nitrogens with zero attached hydrogens (tertiary/aromatic N) is 1. The van der Waals surface area contributed by atoms with Crippen LogP contribution in [0.15, 0.2) is 23.1 Å². The average Bonchev–Trinajstić information content (AvgIpc) is 2.56. The van der Waals surface area contributed by atoms with E-state index >= 15 is 0 Å². The lowest BCUT2D eigenvalue weighted by atomic mass is 10.1. The van der Waals surface area contributed by atoms with E-state index in [1.807, 2.05) is 0 Å². The molecule has 0 spiro atoms. The van der Waals surface area contributed by atoms with Gasteiger partial charge in [0.1, 0.15) is 4.90 Å². The number of aryl methyl sites for hydroxylation is 1. The molecule has 8 heteroatoms. The van der Waals surface area contributed by atoms with E-state index in [2.05, 4.69) is 5.32 Å². The number of nitrogens with one attached hydrogen (secondary N) is 1. The zero-order valence-electron chi connectivity index (χ0n) is 13.8. The van der Waals surface area contributed by atoms with Gasteiger partial charge in [0, 0.05) is 32.1 Å². The van der Waals surface area contributed by atoms with E-state index in [4.69, 9.17) is 17.3 Å². The Morgan fingerprint density at radius 3 is 2.88 bits per heavy atom. The number of nitrogens with two attached hydrogens (primary N) is 1. The monoisotopic (exact) mass is 373 g/mol. The third kappa shape index (κ3) is 4.27. The molecule has 1 aliphatic heterocycles. The van der Waals surface area contributed by atoms with Gasteiger partial charge in [0.25, 0.3) is 0 Å². The highest BCUT2D eigenvalue weighted by Crippen LogP contribution is 2.31. The normalized spacial score (nSPS) is 19.2. The second-order valence-corrected chi connectivity index (χ2v) is 8.23. The summed E-state index contributed by atoms with van der Waals surface area (Å²) in [7, 11) is -3.70. The van der Waals surface area contributed by atoms with E-state index in [-0.39, 0.29) is 34.8 Å². The molecule has 1 unspecified atom stereocenters. The van der Waals surface area contributed by atoms with Crippen LogP contribution in [-0.4, -0.2) is 44.3 Å². The molecule has 1 saturated heterocycles. The summed E-state index contributed by atoms with van der Waals surface area (Å²) in [4.78, 5) is 11.8. The summed E-state index contributed by atoms with van der Waals surface area (Å²) < 4.78 is 27.6. The first kappa shape index (κ1) is 19.2. The molecule has 6 nitrogen and oxygen atoms in total. The summed E-state index contributed by atoms with van der Waals surface area (Å²) in [6.07, 6.45) is 2.69. The van der Waals surface area contributed by atoms with Crippen molar-refractivity contribution in [3.8, 4) is 0 Å². The van der Waals surface area contributed by atoms with Crippen LogP contribution >= 0.6 is 11.6 Å². The molecular weight excluding hydrogens is 350 g/mol. The molecule has 24 heavy (non-hydrogen) atoms. The lowest BCUT2D eigenvalue weighted by Gasteiger charge is -2.35. The molecule has 1 amide bonds. The van der Waals surface area contributed by atoms with Gasteiger partial charge in [-0.1, -0.05) is 30.2 Å². The molecule has 1 heterocycles. The Bertz CT molecular complexity index is 694. The Labute approximate surface area is 148 Å². The van der Waals surface area contributed by atoms with Crippen molar-refractivity contribution in [3.63, 3.8) is 0 Å². The fourth-order valence-corrected chi connectivity index (χ4v) is 5.14. The van der Waals surface area contributed by atoms with Crippen molar-refractivity contribution < 1.29 is 13.2 Å². The second-order valence-electron chi connectivity index (χ2n) is 6.00. The minimum absolute atomic E-state index is 0.129. The van der Waals surface area contributed by atoms with Crippen LogP contribution in [0.2, 0.25) is 5.02 Å². The van der Waals surface area contributed by atoms with Crippen molar-refractivity contribution in [2.24, 2.45) is 5.73 Å². The highest BCUT2D eigenvalue weighted by atomic mass is 35.5. The lowest BCUT2D eigenvalue weighted by molar-refractivity contribution is -0.121. The van der Waals surface area contributed by atoms with Gasteiger partial charge in [-0.05, 0) is 31.4 Å². The van der Waals surface area contributed by atoms with Gasteiger partial charge in [0.15, 0.2) is 0 Å². The molecule has 0 bridgehead atoms. The minimum Gasteiger partial charge on any atom is -0.354 e. The Morgan fingerprint density at radius 2 is 2.17 bits per heavy atom. The number of sulfonamides is 1. The molecule has 1 aromatic carbocycles. The highest BCUT2D eigenvalue weighted by molar-refractivity contribution is 7.89. The van der Waals surface area contributed by atoms with Crippen LogP contribution in [0.1, 0.15) is 31.2 Å². The summed E-state index contributed by atoms with van der Waals surface area (Å²) in [6, 6.07) is 4.74. The number of amides is 1. The quantitative estimate of drug-likeness (QED) is 0.793. The highest BCUT2D eigenvalue weighted by Gasteiger charge is 2.34. The van der Waals surface area contributed by atoms with E-state index in [1.165, 1.54) is 10.4 Å². The van der Waals surface area contributed by atoms with Crippen molar-refractivity contribution in [1.29, 1.82) is 0 Å². The lowest BCUT2D eigenvalue weighted by Crippen LogP contribution is -2.49.